The molecule has 2 aromatic rings. The highest BCUT2D eigenvalue weighted by atomic mass is 16.4. The molecular formula is C16H17NO3. The molecule has 0 aliphatic heterocycles. The highest BCUT2D eigenvalue weighted by Gasteiger charge is 2.18. The van der Waals surface area contributed by atoms with Crippen LogP contribution in [0.4, 0.5) is 0 Å². The summed E-state index contributed by atoms with van der Waals surface area (Å²) in [7, 11) is 0. The van der Waals surface area contributed by atoms with Crippen LogP contribution in [0.5, 0.6) is 0 Å². The van der Waals surface area contributed by atoms with Gasteiger partial charge < -0.3 is 10.4 Å². The van der Waals surface area contributed by atoms with Crippen molar-refractivity contribution in [3.8, 4) is 0 Å². The molecule has 0 saturated heterocycles. The van der Waals surface area contributed by atoms with E-state index in [9.17, 15) is 14.7 Å². The van der Waals surface area contributed by atoms with Crippen LogP contribution in [0.3, 0.4) is 0 Å². The summed E-state index contributed by atoms with van der Waals surface area (Å²) in [6.07, 6.45) is 0.403. The number of amides is 1. The minimum atomic E-state index is -0.896. The fourth-order valence-corrected chi connectivity index (χ4v) is 2.16. The van der Waals surface area contributed by atoms with Gasteiger partial charge in [0.05, 0.1) is 5.92 Å². The van der Waals surface area contributed by atoms with E-state index < -0.39 is 11.9 Å². The molecule has 0 aliphatic rings. The molecule has 4 heteroatoms. The molecule has 1 amide bonds. The minimum absolute atomic E-state index is 0.150. The van der Waals surface area contributed by atoms with Crippen LogP contribution in [0.15, 0.2) is 42.5 Å². The summed E-state index contributed by atoms with van der Waals surface area (Å²) in [4.78, 5) is 22.1. The second-order valence-corrected chi connectivity index (χ2v) is 4.86. The maximum atomic E-state index is 11.2. The summed E-state index contributed by atoms with van der Waals surface area (Å²) in [6.45, 7) is 1.53. The van der Waals surface area contributed by atoms with E-state index in [4.69, 9.17) is 0 Å². The van der Waals surface area contributed by atoms with Crippen molar-refractivity contribution in [2.75, 3.05) is 6.54 Å². The Labute approximate surface area is 117 Å². The smallest absolute Gasteiger partial charge is 0.308 e. The van der Waals surface area contributed by atoms with Crippen LogP contribution < -0.4 is 5.32 Å². The number of carbonyl (C=O) groups is 2. The van der Waals surface area contributed by atoms with Gasteiger partial charge in [-0.15, -0.1) is 0 Å². The summed E-state index contributed by atoms with van der Waals surface area (Å²) in [5.74, 6) is -1.72. The zero-order valence-electron chi connectivity index (χ0n) is 11.3. The third-order valence-corrected chi connectivity index (χ3v) is 3.24. The zero-order chi connectivity index (χ0) is 14.5. The normalized spacial score (nSPS) is 12.1. The van der Waals surface area contributed by atoms with Gasteiger partial charge in [-0.25, -0.2) is 0 Å². The molecule has 0 aliphatic carbocycles. The van der Waals surface area contributed by atoms with Crippen LogP contribution in [0.2, 0.25) is 0 Å². The molecule has 0 radical (unpaired) electrons. The van der Waals surface area contributed by atoms with Crippen LogP contribution in [0.25, 0.3) is 10.8 Å². The molecule has 2 aromatic carbocycles. The van der Waals surface area contributed by atoms with E-state index in [1.807, 2.05) is 42.5 Å². The molecule has 1 atom stereocenters. The first kappa shape index (κ1) is 14.1. The molecule has 4 nitrogen and oxygen atoms in total. The van der Waals surface area contributed by atoms with E-state index in [-0.39, 0.29) is 12.5 Å². The van der Waals surface area contributed by atoms with Crippen molar-refractivity contribution in [2.24, 2.45) is 5.92 Å². The lowest BCUT2D eigenvalue weighted by molar-refractivity contribution is -0.141. The van der Waals surface area contributed by atoms with Crippen molar-refractivity contribution in [3.63, 3.8) is 0 Å². The molecule has 2 N–H and O–H groups in total. The van der Waals surface area contributed by atoms with Gasteiger partial charge in [0.1, 0.15) is 0 Å². The summed E-state index contributed by atoms with van der Waals surface area (Å²) < 4.78 is 0. The molecule has 0 bridgehead atoms. The minimum Gasteiger partial charge on any atom is -0.481 e. The van der Waals surface area contributed by atoms with Crippen LogP contribution in [-0.4, -0.2) is 23.5 Å². The van der Waals surface area contributed by atoms with Crippen molar-refractivity contribution in [1.82, 2.24) is 5.32 Å². The van der Waals surface area contributed by atoms with Gasteiger partial charge >= 0.3 is 5.97 Å². The Hall–Kier alpha value is -2.36. The number of nitrogens with one attached hydrogen (secondary N) is 1. The summed E-state index contributed by atoms with van der Waals surface area (Å²) in [6, 6.07) is 13.9. The van der Waals surface area contributed by atoms with Gasteiger partial charge in [0.2, 0.25) is 5.91 Å². The Balaban J connectivity index is 2.15. The molecule has 0 saturated carbocycles. The zero-order valence-corrected chi connectivity index (χ0v) is 11.3. The number of carboxylic acid groups (broad SMARTS) is 1. The fraction of sp³-hybridized carbons (Fsp3) is 0.250. The first-order chi connectivity index (χ1) is 9.56. The van der Waals surface area contributed by atoms with Crippen LogP contribution in [0, 0.1) is 5.92 Å². The monoisotopic (exact) mass is 271 g/mol. The highest BCUT2D eigenvalue weighted by Crippen LogP contribution is 2.18. The Morgan fingerprint density at radius 2 is 1.85 bits per heavy atom. The quantitative estimate of drug-likeness (QED) is 0.876. The lowest BCUT2D eigenvalue weighted by Crippen LogP contribution is -2.32. The summed E-state index contributed by atoms with van der Waals surface area (Å²) in [5.41, 5.74) is 0.960. The number of rotatable bonds is 5. The van der Waals surface area contributed by atoms with E-state index >= 15 is 0 Å². The van der Waals surface area contributed by atoms with Crippen molar-refractivity contribution in [1.29, 1.82) is 0 Å². The van der Waals surface area contributed by atoms with Crippen LogP contribution in [-0.2, 0) is 16.0 Å². The predicted molar refractivity (Wildman–Crippen MR) is 77.5 cm³/mol. The fourth-order valence-electron chi connectivity index (χ4n) is 2.16. The van der Waals surface area contributed by atoms with Gasteiger partial charge in [-0.3, -0.25) is 9.59 Å². The van der Waals surface area contributed by atoms with Crippen LogP contribution in [0.1, 0.15) is 12.5 Å². The molecule has 20 heavy (non-hydrogen) atoms. The first-order valence-corrected chi connectivity index (χ1v) is 6.51. The average molecular weight is 271 g/mol. The van der Waals surface area contributed by atoms with E-state index in [0.717, 1.165) is 16.3 Å². The topological polar surface area (TPSA) is 66.4 Å². The number of aliphatic carboxylic acids is 1. The molecular weight excluding hydrogens is 254 g/mol. The van der Waals surface area contributed by atoms with Crippen LogP contribution >= 0.6 is 0 Å². The average Bonchev–Trinajstić information content (AvgIpc) is 2.42. The number of hydrogen-bond acceptors (Lipinski definition) is 2. The SMILES string of the molecule is CC(=O)NCC(Cc1ccc2ccccc2c1)C(=O)O. The van der Waals surface area contributed by atoms with Gasteiger partial charge in [-0.2, -0.15) is 0 Å². The van der Waals surface area contributed by atoms with Gasteiger partial charge in [-0.1, -0.05) is 42.5 Å². The maximum Gasteiger partial charge on any atom is 0.308 e. The highest BCUT2D eigenvalue weighted by molar-refractivity contribution is 5.83. The van der Waals surface area contributed by atoms with Gasteiger partial charge in [0, 0.05) is 13.5 Å². The first-order valence-electron chi connectivity index (χ1n) is 6.51. The second-order valence-electron chi connectivity index (χ2n) is 4.86. The van der Waals surface area contributed by atoms with E-state index in [1.54, 1.807) is 0 Å². The lowest BCUT2D eigenvalue weighted by atomic mass is 9.97. The molecule has 104 valence electrons. The lowest BCUT2D eigenvalue weighted by Gasteiger charge is -2.13. The maximum absolute atomic E-state index is 11.2. The van der Waals surface area contributed by atoms with Gasteiger partial charge in [-0.05, 0) is 22.8 Å². The molecule has 0 spiro atoms. The number of fused-ring (bicyclic) bond motifs is 1. The second kappa shape index (κ2) is 6.19. The van der Waals surface area contributed by atoms with E-state index in [2.05, 4.69) is 5.32 Å². The third kappa shape index (κ3) is 3.57. The van der Waals surface area contributed by atoms with E-state index in [1.165, 1.54) is 6.92 Å². The molecule has 2 rings (SSSR count). The van der Waals surface area contributed by atoms with Gasteiger partial charge in [0.15, 0.2) is 0 Å². The number of carbonyl (C=O) groups excluding carboxylic acids is 1. The molecule has 0 heterocycles. The Morgan fingerprint density at radius 3 is 2.50 bits per heavy atom. The van der Waals surface area contributed by atoms with Crippen molar-refractivity contribution >= 4 is 22.6 Å². The van der Waals surface area contributed by atoms with Crippen molar-refractivity contribution in [3.05, 3.63) is 48.0 Å². The van der Waals surface area contributed by atoms with Crippen molar-refractivity contribution < 1.29 is 14.7 Å². The number of carboxylic acids is 1. The standard InChI is InChI=1S/C16H17NO3/c1-11(18)17-10-15(16(19)20)9-12-6-7-13-4-2-3-5-14(13)8-12/h2-8,15H,9-10H2,1H3,(H,17,18)(H,19,20). The Kier molecular flexibility index (Phi) is 4.35. The summed E-state index contributed by atoms with van der Waals surface area (Å²) >= 11 is 0. The predicted octanol–water partition coefficient (Wildman–Crippen LogP) is 2.22. The molecule has 0 fully saturated rings. The third-order valence-electron chi connectivity index (χ3n) is 3.24. The van der Waals surface area contributed by atoms with Crippen molar-refractivity contribution in [2.45, 2.75) is 13.3 Å². The number of hydrogen-bond donors (Lipinski definition) is 2. The van der Waals surface area contributed by atoms with E-state index in [0.29, 0.717) is 6.42 Å². The van der Waals surface area contributed by atoms with Gasteiger partial charge in [0.25, 0.3) is 0 Å². The molecule has 0 aromatic heterocycles. The Morgan fingerprint density at radius 1 is 1.15 bits per heavy atom. The Bertz CT molecular complexity index is 636. The largest absolute Gasteiger partial charge is 0.481 e. The summed E-state index contributed by atoms with van der Waals surface area (Å²) in [5, 5.41) is 14.0. The number of benzene rings is 2. The molecule has 1 unspecified atom stereocenters.